The molecule has 120 valence electrons. The molecule has 0 spiro atoms. The summed E-state index contributed by atoms with van der Waals surface area (Å²) >= 11 is 7.09. The Morgan fingerprint density at radius 2 is 1.68 bits per heavy atom. The van der Waals surface area contributed by atoms with Crippen molar-refractivity contribution in [2.45, 2.75) is 39.9 Å². The molecule has 0 bridgehead atoms. The molecule has 2 rings (SSSR count). The molecule has 22 heavy (non-hydrogen) atoms. The van der Waals surface area contributed by atoms with E-state index in [0.717, 1.165) is 16.4 Å². The second-order valence-corrected chi connectivity index (χ2v) is 9.26. The number of nitrogens with one attached hydrogen (secondary N) is 1. The highest BCUT2D eigenvalue weighted by atomic mass is 32.5. The first-order chi connectivity index (χ1) is 10.4. The highest BCUT2D eigenvalue weighted by Crippen LogP contribution is 2.51. The number of thiazole rings is 1. The molecule has 7 heteroatoms. The average Bonchev–Trinajstić information content (AvgIpc) is 2.85. The van der Waals surface area contributed by atoms with Crippen LogP contribution in [-0.2, 0) is 20.9 Å². The molecule has 0 atom stereocenters. The summed E-state index contributed by atoms with van der Waals surface area (Å²) in [7, 11) is 0. The van der Waals surface area contributed by atoms with Crippen LogP contribution in [-0.4, -0.2) is 17.2 Å². The maximum Gasteiger partial charge on any atom is 0.289 e. The van der Waals surface area contributed by atoms with E-state index in [1.54, 1.807) is 0 Å². The summed E-state index contributed by atoms with van der Waals surface area (Å²) in [4.78, 5) is 4.59. The lowest BCUT2D eigenvalue weighted by atomic mass is 10.2. The van der Waals surface area contributed by atoms with Gasteiger partial charge in [-0.2, -0.15) is 0 Å². The van der Waals surface area contributed by atoms with Crippen molar-refractivity contribution >= 4 is 34.9 Å². The van der Waals surface area contributed by atoms with E-state index in [-0.39, 0.29) is 12.2 Å². The highest BCUT2D eigenvalue weighted by Gasteiger charge is 2.24. The number of hydrogen-bond donors (Lipinski definition) is 1. The summed E-state index contributed by atoms with van der Waals surface area (Å²) in [6, 6.07) is 10.0. The number of aromatic nitrogens is 1. The van der Waals surface area contributed by atoms with Crippen LogP contribution in [0.3, 0.4) is 0 Å². The lowest BCUT2D eigenvalue weighted by Crippen LogP contribution is -2.12. The Kier molecular flexibility index (Phi) is 6.12. The molecule has 0 radical (unpaired) electrons. The van der Waals surface area contributed by atoms with E-state index in [9.17, 15) is 0 Å². The lowest BCUT2D eigenvalue weighted by molar-refractivity contribution is 0.178. The Bertz CT molecular complexity index is 630. The highest BCUT2D eigenvalue weighted by molar-refractivity contribution is 8.10. The number of anilines is 1. The molecule has 4 nitrogen and oxygen atoms in total. The first-order valence-corrected chi connectivity index (χ1v) is 10.7. The van der Waals surface area contributed by atoms with Crippen LogP contribution < -0.4 is 5.09 Å². The third kappa shape index (κ3) is 5.14. The second kappa shape index (κ2) is 7.66. The zero-order valence-electron chi connectivity index (χ0n) is 13.1. The van der Waals surface area contributed by atoms with Gasteiger partial charge >= 0.3 is 0 Å². The second-order valence-electron chi connectivity index (χ2n) is 5.32. The molecule has 1 heterocycles. The van der Waals surface area contributed by atoms with Gasteiger partial charge in [-0.15, -0.1) is 11.3 Å². The third-order valence-electron chi connectivity index (χ3n) is 2.51. The molecule has 0 saturated carbocycles. The average molecular weight is 356 g/mol. The van der Waals surface area contributed by atoms with Crippen LogP contribution in [0.1, 0.15) is 27.7 Å². The van der Waals surface area contributed by atoms with Crippen LogP contribution in [0.2, 0.25) is 0 Å². The summed E-state index contributed by atoms with van der Waals surface area (Å²) < 4.78 is 11.7. The summed E-state index contributed by atoms with van der Waals surface area (Å²) in [6.07, 6.45) is -0.0173. The molecule has 0 aliphatic carbocycles. The fourth-order valence-corrected chi connectivity index (χ4v) is 5.97. The molecular weight excluding hydrogens is 335 g/mol. The molecule has 0 amide bonds. The van der Waals surface area contributed by atoms with Crippen molar-refractivity contribution in [1.29, 1.82) is 0 Å². The Balaban J connectivity index is 2.17. The zero-order valence-corrected chi connectivity index (χ0v) is 15.7. The summed E-state index contributed by atoms with van der Waals surface area (Å²) in [6.45, 7) is 5.19. The van der Waals surface area contributed by atoms with E-state index >= 15 is 0 Å². The minimum absolute atomic E-state index is 0.00867. The normalized spacial score (nSPS) is 12.1. The van der Waals surface area contributed by atoms with Gasteiger partial charge in [-0.25, -0.2) is 4.98 Å². The van der Waals surface area contributed by atoms with Gasteiger partial charge in [0.25, 0.3) is 6.64 Å². The number of nitrogens with zero attached hydrogens (tertiary/aromatic N) is 1. The Morgan fingerprint density at radius 1 is 1.09 bits per heavy atom. The molecular formula is C15H21N2O2PS2. The predicted molar refractivity (Wildman–Crippen MR) is 97.9 cm³/mol. The fraction of sp³-hybridized carbons (Fsp3) is 0.400. The van der Waals surface area contributed by atoms with Gasteiger partial charge in [-0.1, -0.05) is 30.3 Å². The van der Waals surface area contributed by atoms with E-state index in [4.69, 9.17) is 20.9 Å². The minimum atomic E-state index is -2.60. The maximum atomic E-state index is 5.83. The van der Waals surface area contributed by atoms with Gasteiger partial charge in [0.05, 0.1) is 17.9 Å². The van der Waals surface area contributed by atoms with Gasteiger partial charge in [-0.05, 0) is 39.5 Å². The standard InChI is InChI=1S/C15H21N2O2PS2/c1-11(2)18-20(21,19-12(3)4)17-15-16-14(10-22-15)13-8-6-5-7-9-13/h5-12H,1-4H3,(H,16,17,21). The zero-order chi connectivity index (χ0) is 16.2. The first-order valence-electron chi connectivity index (χ1n) is 7.14. The van der Waals surface area contributed by atoms with Crippen LogP contribution in [0.15, 0.2) is 35.7 Å². The van der Waals surface area contributed by atoms with Crippen molar-refractivity contribution in [2.75, 3.05) is 5.09 Å². The molecule has 2 aromatic rings. The van der Waals surface area contributed by atoms with Gasteiger partial charge in [0, 0.05) is 10.9 Å². The van der Waals surface area contributed by atoms with Crippen LogP contribution in [0.4, 0.5) is 5.13 Å². The van der Waals surface area contributed by atoms with E-state index in [2.05, 4.69) is 10.1 Å². The van der Waals surface area contributed by atoms with Crippen molar-refractivity contribution in [3.05, 3.63) is 35.7 Å². The lowest BCUT2D eigenvalue weighted by Gasteiger charge is -2.26. The van der Waals surface area contributed by atoms with Gasteiger partial charge in [-0.3, -0.25) is 5.09 Å². The summed E-state index contributed by atoms with van der Waals surface area (Å²) in [5.41, 5.74) is 2.00. The maximum absolute atomic E-state index is 5.83. The van der Waals surface area contributed by atoms with Crippen molar-refractivity contribution in [3.63, 3.8) is 0 Å². The minimum Gasteiger partial charge on any atom is -0.311 e. The Morgan fingerprint density at radius 3 is 2.23 bits per heavy atom. The topological polar surface area (TPSA) is 43.4 Å². The van der Waals surface area contributed by atoms with Crippen molar-refractivity contribution in [3.8, 4) is 11.3 Å². The van der Waals surface area contributed by atoms with E-state index < -0.39 is 6.64 Å². The molecule has 1 aromatic heterocycles. The molecule has 0 saturated heterocycles. The summed E-state index contributed by atoms with van der Waals surface area (Å²) in [5.74, 6) is 0. The number of benzene rings is 1. The molecule has 0 aliphatic rings. The largest absolute Gasteiger partial charge is 0.311 e. The molecule has 1 aromatic carbocycles. The van der Waals surface area contributed by atoms with E-state index in [1.165, 1.54) is 11.3 Å². The van der Waals surface area contributed by atoms with Crippen LogP contribution in [0.25, 0.3) is 11.3 Å². The number of rotatable bonds is 7. The van der Waals surface area contributed by atoms with Crippen LogP contribution in [0.5, 0.6) is 0 Å². The van der Waals surface area contributed by atoms with E-state index in [0.29, 0.717) is 0 Å². The number of hydrogen-bond acceptors (Lipinski definition) is 5. The molecule has 0 unspecified atom stereocenters. The Labute approximate surface area is 141 Å². The molecule has 0 fully saturated rings. The SMILES string of the molecule is CC(C)OP(=S)(Nc1nc(-c2ccccc2)cs1)OC(C)C. The van der Waals surface area contributed by atoms with Gasteiger partial charge < -0.3 is 9.05 Å². The van der Waals surface area contributed by atoms with Crippen molar-refractivity contribution in [1.82, 2.24) is 4.98 Å². The van der Waals surface area contributed by atoms with Gasteiger partial charge in [0.1, 0.15) is 0 Å². The first kappa shape index (κ1) is 17.6. The fourth-order valence-electron chi connectivity index (χ4n) is 1.82. The van der Waals surface area contributed by atoms with Crippen LogP contribution in [0, 0.1) is 0 Å². The predicted octanol–water partition coefficient (Wildman–Crippen LogP) is 5.30. The van der Waals surface area contributed by atoms with Crippen molar-refractivity contribution in [2.24, 2.45) is 0 Å². The molecule has 0 aliphatic heterocycles. The summed E-state index contributed by atoms with van der Waals surface area (Å²) in [5, 5.41) is 5.92. The Hall–Kier alpha value is -0.780. The quantitative estimate of drug-likeness (QED) is 0.682. The van der Waals surface area contributed by atoms with Crippen molar-refractivity contribution < 1.29 is 9.05 Å². The monoisotopic (exact) mass is 356 g/mol. The molecule has 1 N–H and O–H groups in total. The smallest absolute Gasteiger partial charge is 0.289 e. The van der Waals surface area contributed by atoms with E-state index in [1.807, 2.05) is 63.4 Å². The van der Waals surface area contributed by atoms with Gasteiger partial charge in [0.15, 0.2) is 5.13 Å². The third-order valence-corrected chi connectivity index (χ3v) is 6.09. The van der Waals surface area contributed by atoms with Gasteiger partial charge in [0.2, 0.25) is 0 Å². The van der Waals surface area contributed by atoms with Crippen LogP contribution >= 0.6 is 18.0 Å².